The van der Waals surface area contributed by atoms with Crippen LogP contribution in [0.5, 0.6) is 0 Å². The van der Waals surface area contributed by atoms with Gasteiger partial charge in [0.25, 0.3) is 0 Å². The van der Waals surface area contributed by atoms with Gasteiger partial charge in [-0.3, -0.25) is 4.79 Å². The summed E-state index contributed by atoms with van der Waals surface area (Å²) in [5.41, 5.74) is 1.30. The minimum atomic E-state index is -0.337. The van der Waals surface area contributed by atoms with Crippen molar-refractivity contribution in [1.29, 1.82) is 0 Å². The number of nitrogens with one attached hydrogen (secondary N) is 2. The molecule has 22 heavy (non-hydrogen) atoms. The summed E-state index contributed by atoms with van der Waals surface area (Å²) in [4.78, 5) is 14.3. The number of hydrogen-bond acceptors (Lipinski definition) is 4. The fraction of sp³-hybridized carbons (Fsp3) is 0.562. The van der Waals surface area contributed by atoms with Gasteiger partial charge in [-0.1, -0.05) is 6.42 Å². The summed E-state index contributed by atoms with van der Waals surface area (Å²) in [6.45, 7) is 3.62. The summed E-state index contributed by atoms with van der Waals surface area (Å²) < 4.78 is 19.2. The molecule has 2 fully saturated rings. The van der Waals surface area contributed by atoms with E-state index >= 15 is 0 Å². The maximum Gasteiger partial charge on any atom is 0.241 e. The van der Waals surface area contributed by atoms with Gasteiger partial charge in [0, 0.05) is 24.5 Å². The van der Waals surface area contributed by atoms with E-state index in [0.717, 1.165) is 44.6 Å². The average Bonchev–Trinajstić information content (AvgIpc) is 2.56. The Morgan fingerprint density at radius 2 is 2.09 bits per heavy atom. The lowest BCUT2D eigenvalue weighted by molar-refractivity contribution is -0.118. The highest BCUT2D eigenvalue weighted by Crippen LogP contribution is 2.23. The van der Waals surface area contributed by atoms with E-state index in [1.165, 1.54) is 12.1 Å². The summed E-state index contributed by atoms with van der Waals surface area (Å²) in [6.07, 6.45) is 2.98. The number of hydrogen-bond donors (Lipinski definition) is 2. The Morgan fingerprint density at radius 3 is 2.82 bits per heavy atom. The third kappa shape index (κ3) is 3.75. The van der Waals surface area contributed by atoms with Gasteiger partial charge in [-0.2, -0.15) is 0 Å². The molecule has 6 heteroatoms. The quantitative estimate of drug-likeness (QED) is 0.893. The molecule has 2 N–H and O–H groups in total. The van der Waals surface area contributed by atoms with Crippen molar-refractivity contribution in [1.82, 2.24) is 5.32 Å². The molecule has 120 valence electrons. The van der Waals surface area contributed by atoms with Gasteiger partial charge < -0.3 is 20.3 Å². The van der Waals surface area contributed by atoms with Gasteiger partial charge in [0.1, 0.15) is 5.82 Å². The first-order valence-corrected chi connectivity index (χ1v) is 7.90. The van der Waals surface area contributed by atoms with E-state index in [1.54, 1.807) is 0 Å². The summed E-state index contributed by atoms with van der Waals surface area (Å²) >= 11 is 0. The Kier molecular flexibility index (Phi) is 4.90. The highest BCUT2D eigenvalue weighted by atomic mass is 19.1. The van der Waals surface area contributed by atoms with Gasteiger partial charge in [-0.25, -0.2) is 4.39 Å². The van der Waals surface area contributed by atoms with Crippen LogP contribution >= 0.6 is 0 Å². The molecule has 5 nitrogen and oxygen atoms in total. The zero-order chi connectivity index (χ0) is 15.4. The van der Waals surface area contributed by atoms with Crippen LogP contribution < -0.4 is 15.5 Å². The number of benzene rings is 1. The Hall–Kier alpha value is -1.66. The van der Waals surface area contributed by atoms with E-state index in [0.29, 0.717) is 18.9 Å². The van der Waals surface area contributed by atoms with Crippen molar-refractivity contribution >= 4 is 17.3 Å². The van der Waals surface area contributed by atoms with E-state index in [2.05, 4.69) is 15.5 Å². The SMILES string of the molecule is O=C(Nc1cc(F)cc(N2CCOCC2)c1)[C@H]1CCCCN1. The molecule has 0 bridgehead atoms. The first-order chi connectivity index (χ1) is 10.7. The highest BCUT2D eigenvalue weighted by molar-refractivity contribution is 5.95. The minimum Gasteiger partial charge on any atom is -0.378 e. The highest BCUT2D eigenvalue weighted by Gasteiger charge is 2.21. The molecule has 0 aliphatic carbocycles. The largest absolute Gasteiger partial charge is 0.378 e. The maximum absolute atomic E-state index is 13.9. The number of morpholine rings is 1. The summed E-state index contributed by atoms with van der Waals surface area (Å²) in [7, 11) is 0. The molecule has 0 aromatic heterocycles. The number of carbonyl (C=O) groups is 1. The van der Waals surface area contributed by atoms with Gasteiger partial charge in [-0.15, -0.1) is 0 Å². The fourth-order valence-corrected chi connectivity index (χ4v) is 2.96. The molecule has 2 aliphatic heterocycles. The van der Waals surface area contributed by atoms with Crippen LogP contribution in [0.3, 0.4) is 0 Å². The monoisotopic (exact) mass is 307 g/mol. The normalized spacial score (nSPS) is 22.4. The standard InChI is InChI=1S/C16H22FN3O2/c17-12-9-13(19-16(21)15-3-1-2-4-18-15)11-14(10-12)20-5-7-22-8-6-20/h9-11,15,18H,1-8H2,(H,19,21)/t15-/m1/s1. The lowest BCUT2D eigenvalue weighted by Gasteiger charge is -2.29. The number of rotatable bonds is 3. The van der Waals surface area contributed by atoms with Gasteiger partial charge in [0.05, 0.1) is 19.3 Å². The molecular weight excluding hydrogens is 285 g/mol. The van der Waals surface area contributed by atoms with Crippen molar-refractivity contribution in [3.8, 4) is 0 Å². The van der Waals surface area contributed by atoms with Gasteiger partial charge >= 0.3 is 0 Å². The van der Waals surface area contributed by atoms with Gasteiger partial charge in [0.15, 0.2) is 0 Å². The zero-order valence-electron chi connectivity index (χ0n) is 12.6. The summed E-state index contributed by atoms with van der Waals surface area (Å²) in [5, 5.41) is 6.03. The molecule has 0 spiro atoms. The molecule has 1 aromatic rings. The summed E-state index contributed by atoms with van der Waals surface area (Å²) in [5.74, 6) is -0.422. The van der Waals surface area contributed by atoms with Crippen LogP contribution in [0.2, 0.25) is 0 Å². The number of halogens is 1. The first-order valence-electron chi connectivity index (χ1n) is 7.90. The van der Waals surface area contributed by atoms with Crippen LogP contribution in [0.25, 0.3) is 0 Å². The van der Waals surface area contributed by atoms with Crippen molar-refractivity contribution in [2.24, 2.45) is 0 Å². The topological polar surface area (TPSA) is 53.6 Å². The Morgan fingerprint density at radius 1 is 1.27 bits per heavy atom. The van der Waals surface area contributed by atoms with E-state index in [1.807, 2.05) is 6.07 Å². The molecule has 0 saturated carbocycles. The molecule has 3 rings (SSSR count). The van der Waals surface area contributed by atoms with Crippen LogP contribution in [-0.4, -0.2) is 44.8 Å². The van der Waals surface area contributed by atoms with Crippen molar-refractivity contribution in [2.75, 3.05) is 43.1 Å². The first kappa shape index (κ1) is 15.2. The number of ether oxygens (including phenoxy) is 1. The Balaban J connectivity index is 1.70. The van der Waals surface area contributed by atoms with Crippen molar-refractivity contribution in [3.63, 3.8) is 0 Å². The van der Waals surface area contributed by atoms with E-state index in [-0.39, 0.29) is 17.8 Å². The third-order valence-electron chi connectivity index (χ3n) is 4.15. The average molecular weight is 307 g/mol. The molecule has 2 heterocycles. The molecule has 1 amide bonds. The Bertz CT molecular complexity index is 526. The lowest BCUT2D eigenvalue weighted by Crippen LogP contribution is -2.43. The predicted octanol–water partition coefficient (Wildman–Crippen LogP) is 1.74. The molecule has 0 radical (unpaired) electrons. The van der Waals surface area contributed by atoms with Crippen LogP contribution in [0, 0.1) is 5.82 Å². The molecule has 2 aliphatic rings. The second-order valence-corrected chi connectivity index (χ2v) is 5.79. The molecule has 0 unspecified atom stereocenters. The van der Waals surface area contributed by atoms with Crippen molar-refractivity contribution in [3.05, 3.63) is 24.0 Å². The number of carbonyl (C=O) groups excluding carboxylic acids is 1. The van der Waals surface area contributed by atoms with E-state index < -0.39 is 0 Å². The van der Waals surface area contributed by atoms with E-state index in [9.17, 15) is 9.18 Å². The van der Waals surface area contributed by atoms with Crippen molar-refractivity contribution in [2.45, 2.75) is 25.3 Å². The number of amides is 1. The number of piperidine rings is 1. The van der Waals surface area contributed by atoms with Crippen LogP contribution in [0.4, 0.5) is 15.8 Å². The predicted molar refractivity (Wildman–Crippen MR) is 83.7 cm³/mol. The molecular formula is C16H22FN3O2. The zero-order valence-corrected chi connectivity index (χ0v) is 12.6. The molecule has 1 atom stereocenters. The van der Waals surface area contributed by atoms with Gasteiger partial charge in [0.2, 0.25) is 5.91 Å². The lowest BCUT2D eigenvalue weighted by atomic mass is 10.0. The van der Waals surface area contributed by atoms with Crippen LogP contribution in [0.1, 0.15) is 19.3 Å². The van der Waals surface area contributed by atoms with Crippen molar-refractivity contribution < 1.29 is 13.9 Å². The fourth-order valence-electron chi connectivity index (χ4n) is 2.96. The third-order valence-corrected chi connectivity index (χ3v) is 4.15. The van der Waals surface area contributed by atoms with Crippen LogP contribution in [-0.2, 0) is 9.53 Å². The summed E-state index contributed by atoms with van der Waals surface area (Å²) in [6, 6.07) is 4.52. The Labute approximate surface area is 129 Å². The molecule has 2 saturated heterocycles. The minimum absolute atomic E-state index is 0.0850. The second kappa shape index (κ2) is 7.07. The number of nitrogens with zero attached hydrogens (tertiary/aromatic N) is 1. The van der Waals surface area contributed by atoms with E-state index in [4.69, 9.17) is 4.74 Å². The molecule has 1 aromatic carbocycles. The van der Waals surface area contributed by atoms with Crippen LogP contribution in [0.15, 0.2) is 18.2 Å². The number of anilines is 2. The second-order valence-electron chi connectivity index (χ2n) is 5.79. The smallest absolute Gasteiger partial charge is 0.241 e. The van der Waals surface area contributed by atoms with Gasteiger partial charge in [-0.05, 0) is 37.6 Å². The maximum atomic E-state index is 13.9.